The number of hydrogen-bond acceptors (Lipinski definition) is 6. The van der Waals surface area contributed by atoms with Gasteiger partial charge in [-0.1, -0.05) is 47.5 Å². The molecule has 194 valence electrons. The van der Waals surface area contributed by atoms with E-state index >= 15 is 0 Å². The molecule has 0 bridgehead atoms. The van der Waals surface area contributed by atoms with Crippen LogP contribution in [0.15, 0.2) is 108 Å². The Morgan fingerprint density at radius 1 is 0.897 bits per heavy atom. The second-order valence-corrected chi connectivity index (χ2v) is 9.26. The summed E-state index contributed by atoms with van der Waals surface area (Å²) in [4.78, 5) is 30.5. The Morgan fingerprint density at radius 2 is 1.69 bits per heavy atom. The highest BCUT2D eigenvalue weighted by Gasteiger charge is 2.17. The van der Waals surface area contributed by atoms with Crippen LogP contribution in [0.1, 0.15) is 15.9 Å². The number of halogens is 2. The van der Waals surface area contributed by atoms with E-state index in [4.69, 9.17) is 27.9 Å². The van der Waals surface area contributed by atoms with E-state index in [1.807, 2.05) is 6.07 Å². The molecule has 0 fully saturated rings. The van der Waals surface area contributed by atoms with Crippen molar-refractivity contribution in [2.45, 2.75) is 6.54 Å². The minimum atomic E-state index is -0.483. The second kappa shape index (κ2) is 11.8. The number of nitrogens with zero attached hydrogens (tertiary/aromatic N) is 3. The van der Waals surface area contributed by atoms with Gasteiger partial charge in [0.05, 0.1) is 11.9 Å². The van der Waals surface area contributed by atoms with Crippen LogP contribution in [0.25, 0.3) is 5.69 Å². The quantitative estimate of drug-likeness (QED) is 0.229. The molecular weight excluding hydrogens is 537 g/mol. The van der Waals surface area contributed by atoms with Crippen LogP contribution >= 0.6 is 23.2 Å². The Hall–Kier alpha value is -4.66. The summed E-state index contributed by atoms with van der Waals surface area (Å²) in [6.45, 7) is 0.330. The smallest absolute Gasteiger partial charge is 0.299 e. The van der Waals surface area contributed by atoms with E-state index in [1.54, 1.807) is 91.3 Å². The molecule has 39 heavy (non-hydrogen) atoms. The summed E-state index contributed by atoms with van der Waals surface area (Å²) in [5.41, 5.74) is 1.89. The van der Waals surface area contributed by atoms with Crippen LogP contribution in [0.3, 0.4) is 0 Å². The molecule has 1 amide bonds. The van der Waals surface area contributed by atoms with Crippen molar-refractivity contribution in [1.82, 2.24) is 20.1 Å². The maximum atomic E-state index is 13.6. The second-order valence-electron chi connectivity index (χ2n) is 8.39. The van der Waals surface area contributed by atoms with Crippen LogP contribution in [0.2, 0.25) is 10.0 Å². The zero-order chi connectivity index (χ0) is 27.2. The lowest BCUT2D eigenvalue weighted by molar-refractivity contribution is 0.0951. The minimum absolute atomic E-state index is 0.109. The summed E-state index contributed by atoms with van der Waals surface area (Å²) in [7, 11) is 0. The summed E-state index contributed by atoms with van der Waals surface area (Å²) in [6, 6.07) is 24.0. The van der Waals surface area contributed by atoms with Gasteiger partial charge in [0.25, 0.3) is 11.5 Å². The van der Waals surface area contributed by atoms with E-state index in [0.29, 0.717) is 39.3 Å². The SMILES string of the molecule is O=C(NCc1cccnc1)c1cccc(Nc2c(Oc3cccc(Cl)c3)cnn(-c3cccc(Cl)c3)c2=O)c1. The van der Waals surface area contributed by atoms with Crippen molar-refractivity contribution < 1.29 is 9.53 Å². The van der Waals surface area contributed by atoms with Crippen molar-refractivity contribution in [2.75, 3.05) is 5.32 Å². The van der Waals surface area contributed by atoms with E-state index in [2.05, 4.69) is 20.7 Å². The molecule has 0 radical (unpaired) electrons. The van der Waals surface area contributed by atoms with E-state index in [9.17, 15) is 9.59 Å². The maximum absolute atomic E-state index is 13.6. The third kappa shape index (κ3) is 6.43. The fraction of sp³-hybridized carbons (Fsp3) is 0.0345. The Labute approximate surface area is 233 Å². The summed E-state index contributed by atoms with van der Waals surface area (Å²) in [6.07, 6.45) is 4.79. The average molecular weight is 558 g/mol. The van der Waals surface area contributed by atoms with Gasteiger partial charge >= 0.3 is 0 Å². The molecule has 0 unspecified atom stereocenters. The number of nitrogens with one attached hydrogen (secondary N) is 2. The molecular formula is C29H21Cl2N5O3. The zero-order valence-corrected chi connectivity index (χ0v) is 21.9. The first-order valence-corrected chi connectivity index (χ1v) is 12.6. The number of pyridine rings is 1. The number of amides is 1. The van der Waals surface area contributed by atoms with Gasteiger partial charge in [-0.3, -0.25) is 14.6 Å². The third-order valence-corrected chi connectivity index (χ3v) is 6.06. The number of rotatable bonds is 8. The lowest BCUT2D eigenvalue weighted by atomic mass is 10.1. The first-order valence-electron chi connectivity index (χ1n) is 11.8. The number of hydrogen-bond donors (Lipinski definition) is 2. The normalized spacial score (nSPS) is 10.6. The maximum Gasteiger partial charge on any atom is 0.299 e. The van der Waals surface area contributed by atoms with Gasteiger partial charge < -0.3 is 15.4 Å². The number of benzene rings is 3. The lowest BCUT2D eigenvalue weighted by Gasteiger charge is -2.15. The molecule has 10 heteroatoms. The first kappa shape index (κ1) is 26.0. The molecule has 0 aliphatic rings. The summed E-state index contributed by atoms with van der Waals surface area (Å²) in [5, 5.41) is 11.2. The van der Waals surface area contributed by atoms with Crippen LogP contribution < -0.4 is 20.9 Å². The lowest BCUT2D eigenvalue weighted by Crippen LogP contribution is -2.24. The summed E-state index contributed by atoms with van der Waals surface area (Å²) in [5.74, 6) is 0.326. The molecule has 0 aliphatic heterocycles. The van der Waals surface area contributed by atoms with Gasteiger partial charge in [-0.05, 0) is 66.2 Å². The van der Waals surface area contributed by atoms with Gasteiger partial charge in [0.1, 0.15) is 5.75 Å². The molecule has 0 saturated heterocycles. The predicted octanol–water partition coefficient (Wildman–Crippen LogP) is 6.40. The van der Waals surface area contributed by atoms with Crippen LogP contribution in [0.4, 0.5) is 11.4 Å². The number of carbonyl (C=O) groups excluding carboxylic acids is 1. The van der Waals surface area contributed by atoms with Gasteiger partial charge in [-0.15, -0.1) is 0 Å². The highest BCUT2D eigenvalue weighted by Crippen LogP contribution is 2.30. The molecule has 2 N–H and O–H groups in total. The topological polar surface area (TPSA) is 98.1 Å². The fourth-order valence-electron chi connectivity index (χ4n) is 3.75. The molecule has 0 atom stereocenters. The van der Waals surface area contributed by atoms with Crippen molar-refractivity contribution in [1.29, 1.82) is 0 Å². The van der Waals surface area contributed by atoms with Gasteiger partial charge in [0.15, 0.2) is 11.4 Å². The number of aromatic nitrogens is 3. The molecule has 3 aromatic carbocycles. The minimum Gasteiger partial charge on any atom is -0.453 e. The van der Waals surface area contributed by atoms with Crippen molar-refractivity contribution in [3.8, 4) is 17.2 Å². The number of carbonyl (C=O) groups is 1. The molecule has 0 saturated carbocycles. The van der Waals surface area contributed by atoms with E-state index in [0.717, 1.165) is 5.56 Å². The van der Waals surface area contributed by atoms with Crippen molar-refractivity contribution in [2.24, 2.45) is 0 Å². The zero-order valence-electron chi connectivity index (χ0n) is 20.3. The standard InChI is InChI=1S/C29H21Cl2N5O3/c30-21-7-2-10-24(14-21)36-29(38)27(26(18-34-36)39-25-11-3-8-22(31)15-25)35-23-9-1-6-20(13-23)28(37)33-17-19-5-4-12-32-16-19/h1-16,18,35H,17H2,(H,33,37). The molecule has 2 aromatic heterocycles. The van der Waals surface area contributed by atoms with Gasteiger partial charge in [-0.2, -0.15) is 9.78 Å². The molecule has 2 heterocycles. The summed E-state index contributed by atoms with van der Waals surface area (Å²) >= 11 is 12.3. The van der Waals surface area contributed by atoms with Crippen LogP contribution in [-0.2, 0) is 6.54 Å². The first-order chi connectivity index (χ1) is 19.0. The molecule has 0 spiro atoms. The Balaban J connectivity index is 1.47. The van der Waals surface area contributed by atoms with Crippen molar-refractivity contribution in [3.63, 3.8) is 0 Å². The summed E-state index contributed by atoms with van der Waals surface area (Å²) < 4.78 is 7.20. The van der Waals surface area contributed by atoms with Crippen LogP contribution in [-0.4, -0.2) is 20.7 Å². The largest absolute Gasteiger partial charge is 0.453 e. The third-order valence-electron chi connectivity index (χ3n) is 5.59. The number of anilines is 2. The van der Waals surface area contributed by atoms with E-state index in [1.165, 1.54) is 10.9 Å². The number of ether oxygens (including phenoxy) is 1. The predicted molar refractivity (Wildman–Crippen MR) is 152 cm³/mol. The molecule has 5 aromatic rings. The Morgan fingerprint density at radius 3 is 2.46 bits per heavy atom. The van der Waals surface area contributed by atoms with Gasteiger partial charge in [0, 0.05) is 40.2 Å². The molecule has 8 nitrogen and oxygen atoms in total. The van der Waals surface area contributed by atoms with Crippen LogP contribution in [0, 0.1) is 0 Å². The fourth-order valence-corrected chi connectivity index (χ4v) is 4.11. The average Bonchev–Trinajstić information content (AvgIpc) is 2.94. The molecule has 0 aliphatic carbocycles. The Bertz CT molecular complexity index is 1690. The van der Waals surface area contributed by atoms with Gasteiger partial charge in [0.2, 0.25) is 0 Å². The van der Waals surface area contributed by atoms with Crippen molar-refractivity contribution in [3.05, 3.63) is 135 Å². The molecule has 5 rings (SSSR count). The van der Waals surface area contributed by atoms with Crippen LogP contribution in [0.5, 0.6) is 11.5 Å². The highest BCUT2D eigenvalue weighted by atomic mass is 35.5. The van der Waals surface area contributed by atoms with E-state index < -0.39 is 5.56 Å². The van der Waals surface area contributed by atoms with Gasteiger partial charge in [-0.25, -0.2) is 0 Å². The van der Waals surface area contributed by atoms with Crippen molar-refractivity contribution >= 4 is 40.5 Å². The van der Waals surface area contributed by atoms with E-state index in [-0.39, 0.29) is 17.3 Å². The Kier molecular flexibility index (Phi) is 7.86. The highest BCUT2D eigenvalue weighted by molar-refractivity contribution is 6.31. The monoisotopic (exact) mass is 557 g/mol.